The van der Waals surface area contributed by atoms with Crippen LogP contribution in [0.3, 0.4) is 0 Å². The fourth-order valence-electron chi connectivity index (χ4n) is 2.68. The van der Waals surface area contributed by atoms with Crippen LogP contribution in [0.1, 0.15) is 6.42 Å². The van der Waals surface area contributed by atoms with E-state index in [9.17, 15) is 0 Å². The summed E-state index contributed by atoms with van der Waals surface area (Å²) in [6.07, 6.45) is 1.39. The van der Waals surface area contributed by atoms with Crippen LogP contribution in [0.15, 0.2) is 28.7 Å². The van der Waals surface area contributed by atoms with Crippen LogP contribution in [0, 0.1) is 0 Å². The summed E-state index contributed by atoms with van der Waals surface area (Å²) in [6.45, 7) is 2.37. The number of rotatable bonds is 1. The second-order valence-corrected chi connectivity index (χ2v) is 5.51. The number of hydrogen-bond acceptors (Lipinski definition) is 2. The van der Waals surface area contributed by atoms with Crippen molar-refractivity contribution in [2.24, 2.45) is 0 Å². The number of piperidine rings is 1. The Morgan fingerprint density at radius 1 is 1.27 bits per heavy atom. The summed E-state index contributed by atoms with van der Waals surface area (Å²) in [5.41, 5.74) is 1.35. The molecule has 1 aromatic rings. The molecule has 3 fully saturated rings. The van der Waals surface area contributed by atoms with Gasteiger partial charge in [-0.2, -0.15) is 0 Å². The van der Waals surface area contributed by atoms with Crippen molar-refractivity contribution in [3.8, 4) is 0 Å². The Kier molecular flexibility index (Phi) is 2.25. The van der Waals surface area contributed by atoms with E-state index < -0.39 is 0 Å². The topological polar surface area (TPSA) is 6.48 Å². The van der Waals surface area contributed by atoms with Crippen molar-refractivity contribution in [1.82, 2.24) is 4.90 Å². The minimum Gasteiger partial charge on any atom is -0.368 e. The van der Waals surface area contributed by atoms with Gasteiger partial charge in [-0.05, 0) is 31.7 Å². The number of anilines is 1. The smallest absolute Gasteiger partial charge is 0.0378 e. The average Bonchev–Trinajstić information content (AvgIpc) is 2.28. The van der Waals surface area contributed by atoms with Crippen LogP contribution in [-0.2, 0) is 0 Å². The summed E-state index contributed by atoms with van der Waals surface area (Å²) in [5.74, 6) is 0. The van der Waals surface area contributed by atoms with E-state index in [2.05, 4.69) is 57.0 Å². The van der Waals surface area contributed by atoms with E-state index in [1.807, 2.05) is 0 Å². The first-order valence-electron chi connectivity index (χ1n) is 5.46. The normalized spacial score (nSPS) is 30.1. The zero-order valence-electron chi connectivity index (χ0n) is 8.86. The molecule has 3 saturated heterocycles. The molecule has 0 amide bonds. The molecular formula is C12H15BrN2. The molecule has 2 nitrogen and oxygen atoms in total. The highest BCUT2D eigenvalue weighted by Gasteiger charge is 2.41. The maximum Gasteiger partial charge on any atom is 0.0378 e. The lowest BCUT2D eigenvalue weighted by Gasteiger charge is -2.55. The van der Waals surface area contributed by atoms with E-state index in [0.717, 1.165) is 12.1 Å². The van der Waals surface area contributed by atoms with Gasteiger partial charge >= 0.3 is 0 Å². The van der Waals surface area contributed by atoms with E-state index in [-0.39, 0.29) is 0 Å². The molecule has 0 aromatic heterocycles. The molecule has 3 heteroatoms. The van der Waals surface area contributed by atoms with Crippen LogP contribution in [-0.4, -0.2) is 37.1 Å². The van der Waals surface area contributed by atoms with E-state index in [0.29, 0.717) is 0 Å². The maximum absolute atomic E-state index is 3.53. The molecule has 0 radical (unpaired) electrons. The van der Waals surface area contributed by atoms with Gasteiger partial charge in [0.2, 0.25) is 0 Å². The lowest BCUT2D eigenvalue weighted by Crippen LogP contribution is -2.67. The summed E-state index contributed by atoms with van der Waals surface area (Å²) >= 11 is 3.53. The highest BCUT2D eigenvalue weighted by atomic mass is 79.9. The van der Waals surface area contributed by atoms with Crippen molar-refractivity contribution >= 4 is 21.6 Å². The van der Waals surface area contributed by atoms with Gasteiger partial charge in [0.05, 0.1) is 0 Å². The number of piperazine rings is 1. The molecule has 1 aromatic carbocycles. The van der Waals surface area contributed by atoms with Gasteiger partial charge in [-0.25, -0.2) is 0 Å². The predicted octanol–water partition coefficient (Wildman–Crippen LogP) is 2.34. The van der Waals surface area contributed by atoms with Gasteiger partial charge in [-0.1, -0.05) is 22.0 Å². The molecule has 15 heavy (non-hydrogen) atoms. The second-order valence-electron chi connectivity index (χ2n) is 4.59. The fraction of sp³-hybridized carbons (Fsp3) is 0.500. The summed E-state index contributed by atoms with van der Waals surface area (Å²) < 4.78 is 1.17. The molecule has 2 unspecified atom stereocenters. The van der Waals surface area contributed by atoms with Crippen LogP contribution in [0.2, 0.25) is 0 Å². The maximum atomic E-state index is 3.53. The molecular weight excluding hydrogens is 252 g/mol. The monoisotopic (exact) mass is 266 g/mol. The van der Waals surface area contributed by atoms with Gasteiger partial charge in [-0.15, -0.1) is 0 Å². The van der Waals surface area contributed by atoms with Gasteiger partial charge < -0.3 is 4.90 Å². The first-order chi connectivity index (χ1) is 7.24. The summed E-state index contributed by atoms with van der Waals surface area (Å²) in [5, 5.41) is 0. The highest BCUT2D eigenvalue weighted by Crippen LogP contribution is 2.33. The number of benzene rings is 1. The van der Waals surface area contributed by atoms with Crippen molar-refractivity contribution in [3.63, 3.8) is 0 Å². The zero-order valence-corrected chi connectivity index (χ0v) is 10.4. The van der Waals surface area contributed by atoms with Crippen LogP contribution < -0.4 is 4.90 Å². The van der Waals surface area contributed by atoms with Crippen LogP contribution in [0.4, 0.5) is 5.69 Å². The van der Waals surface area contributed by atoms with Gasteiger partial charge in [0.25, 0.3) is 0 Å². The largest absolute Gasteiger partial charge is 0.368 e. The third-order valence-electron chi connectivity index (χ3n) is 3.73. The van der Waals surface area contributed by atoms with Crippen molar-refractivity contribution in [2.45, 2.75) is 18.5 Å². The second kappa shape index (κ2) is 3.49. The standard InChI is InChI=1S/C12H15BrN2/c1-14-11-6-12(14)8-15(7-11)10-4-2-3-9(13)5-10/h2-5,11-12H,6-8H2,1H3. The first-order valence-corrected chi connectivity index (χ1v) is 6.26. The third-order valence-corrected chi connectivity index (χ3v) is 4.22. The lowest BCUT2D eigenvalue weighted by atomic mass is 9.88. The van der Waals surface area contributed by atoms with E-state index in [4.69, 9.17) is 0 Å². The minimum absolute atomic E-state index is 0.780. The molecule has 0 saturated carbocycles. The molecule has 2 atom stereocenters. The Morgan fingerprint density at radius 3 is 2.60 bits per heavy atom. The van der Waals surface area contributed by atoms with E-state index in [1.165, 1.54) is 29.7 Å². The van der Waals surface area contributed by atoms with Crippen molar-refractivity contribution in [3.05, 3.63) is 28.7 Å². The first kappa shape index (κ1) is 9.67. The minimum atomic E-state index is 0.780. The number of halogens is 1. The Balaban J connectivity index is 1.79. The number of nitrogens with zero attached hydrogens (tertiary/aromatic N) is 2. The van der Waals surface area contributed by atoms with Gasteiger partial charge in [-0.3, -0.25) is 4.90 Å². The van der Waals surface area contributed by atoms with Crippen molar-refractivity contribution < 1.29 is 0 Å². The Hall–Kier alpha value is -0.540. The number of fused-ring (bicyclic) bond motifs is 2. The van der Waals surface area contributed by atoms with Crippen LogP contribution in [0.25, 0.3) is 0 Å². The zero-order chi connectivity index (χ0) is 10.4. The van der Waals surface area contributed by atoms with Gasteiger partial charge in [0, 0.05) is 35.3 Å². The van der Waals surface area contributed by atoms with Crippen molar-refractivity contribution in [2.75, 3.05) is 25.0 Å². The number of hydrogen-bond donors (Lipinski definition) is 0. The molecule has 0 aliphatic carbocycles. The molecule has 4 rings (SSSR count). The Labute approximate surface area is 99.0 Å². The third kappa shape index (κ3) is 1.58. The van der Waals surface area contributed by atoms with Gasteiger partial charge in [0.1, 0.15) is 0 Å². The lowest BCUT2D eigenvalue weighted by molar-refractivity contribution is 0.0264. The highest BCUT2D eigenvalue weighted by molar-refractivity contribution is 9.10. The molecule has 80 valence electrons. The quantitative estimate of drug-likeness (QED) is 0.770. The Morgan fingerprint density at radius 2 is 2.00 bits per heavy atom. The van der Waals surface area contributed by atoms with Crippen molar-refractivity contribution in [1.29, 1.82) is 0 Å². The molecule has 3 aliphatic rings. The summed E-state index contributed by atoms with van der Waals surface area (Å²) in [4.78, 5) is 5.01. The summed E-state index contributed by atoms with van der Waals surface area (Å²) in [6, 6.07) is 10.2. The molecule has 0 spiro atoms. The number of likely N-dealkylation sites (N-methyl/N-ethyl adjacent to an activating group) is 1. The predicted molar refractivity (Wildman–Crippen MR) is 66.3 cm³/mol. The van der Waals surface area contributed by atoms with Crippen LogP contribution in [0.5, 0.6) is 0 Å². The van der Waals surface area contributed by atoms with E-state index >= 15 is 0 Å². The molecule has 3 aliphatic heterocycles. The fourth-order valence-corrected chi connectivity index (χ4v) is 3.07. The van der Waals surface area contributed by atoms with Crippen LogP contribution >= 0.6 is 15.9 Å². The molecule has 2 bridgehead atoms. The average molecular weight is 267 g/mol. The summed E-state index contributed by atoms with van der Waals surface area (Å²) in [7, 11) is 2.25. The molecule has 0 N–H and O–H groups in total. The van der Waals surface area contributed by atoms with E-state index in [1.54, 1.807) is 0 Å². The van der Waals surface area contributed by atoms with Gasteiger partial charge in [0.15, 0.2) is 0 Å². The molecule has 3 heterocycles. The Bertz CT molecular complexity index is 368. The SMILES string of the molecule is CN1C2CC1CN(c1cccc(Br)c1)C2.